The normalized spacial score (nSPS) is 19.7. The number of rotatable bonds is 3. The second-order valence-corrected chi connectivity index (χ2v) is 4.92. The van der Waals surface area contributed by atoms with Crippen molar-refractivity contribution in [1.82, 2.24) is 9.97 Å². The van der Waals surface area contributed by atoms with Crippen molar-refractivity contribution in [1.29, 1.82) is 5.41 Å². The Morgan fingerprint density at radius 1 is 1.56 bits per heavy atom. The molecule has 0 amide bonds. The SMILES string of the molecule is CN(c1nccnc1C(=N)N)C1CCSC1. The molecular formula is C10H15N5S. The topological polar surface area (TPSA) is 78.9 Å². The summed E-state index contributed by atoms with van der Waals surface area (Å²) in [6, 6.07) is 0.472. The Bertz CT molecular complexity index is 389. The van der Waals surface area contributed by atoms with E-state index in [-0.39, 0.29) is 5.84 Å². The predicted molar refractivity (Wildman–Crippen MR) is 67.2 cm³/mol. The first kappa shape index (κ1) is 11.2. The fourth-order valence-corrected chi connectivity index (χ4v) is 3.05. The van der Waals surface area contributed by atoms with Crippen LogP contribution in [0.25, 0.3) is 0 Å². The Kier molecular flexibility index (Phi) is 3.28. The average Bonchev–Trinajstić information content (AvgIpc) is 2.81. The van der Waals surface area contributed by atoms with E-state index in [1.54, 1.807) is 12.4 Å². The van der Waals surface area contributed by atoms with E-state index in [9.17, 15) is 0 Å². The van der Waals surface area contributed by atoms with Crippen molar-refractivity contribution in [2.45, 2.75) is 12.5 Å². The monoisotopic (exact) mass is 237 g/mol. The molecule has 0 spiro atoms. The van der Waals surface area contributed by atoms with Gasteiger partial charge in [0.2, 0.25) is 0 Å². The van der Waals surface area contributed by atoms with E-state index >= 15 is 0 Å². The van der Waals surface area contributed by atoms with Gasteiger partial charge >= 0.3 is 0 Å². The quantitative estimate of drug-likeness (QED) is 0.597. The molecule has 0 aromatic carbocycles. The molecule has 86 valence electrons. The summed E-state index contributed by atoms with van der Waals surface area (Å²) in [6.07, 6.45) is 4.35. The zero-order valence-corrected chi connectivity index (χ0v) is 10.00. The number of amidine groups is 1. The summed E-state index contributed by atoms with van der Waals surface area (Å²) < 4.78 is 0. The van der Waals surface area contributed by atoms with Crippen LogP contribution in [0.15, 0.2) is 12.4 Å². The summed E-state index contributed by atoms with van der Waals surface area (Å²) in [5.41, 5.74) is 5.97. The third-order valence-corrected chi connectivity index (χ3v) is 3.87. The third kappa shape index (κ3) is 2.11. The van der Waals surface area contributed by atoms with Gasteiger partial charge in [0.1, 0.15) is 11.5 Å². The first-order chi connectivity index (χ1) is 7.70. The molecule has 1 fully saturated rings. The van der Waals surface area contributed by atoms with Gasteiger partial charge in [-0.2, -0.15) is 11.8 Å². The number of nitrogens with zero attached hydrogens (tertiary/aromatic N) is 3. The number of hydrogen-bond donors (Lipinski definition) is 2. The minimum absolute atomic E-state index is 0.0272. The number of anilines is 1. The van der Waals surface area contributed by atoms with Crippen molar-refractivity contribution < 1.29 is 0 Å². The van der Waals surface area contributed by atoms with Crippen molar-refractivity contribution >= 4 is 23.4 Å². The predicted octanol–water partition coefficient (Wildman–Crippen LogP) is 0.702. The van der Waals surface area contributed by atoms with E-state index in [1.807, 2.05) is 18.8 Å². The highest BCUT2D eigenvalue weighted by Crippen LogP contribution is 2.25. The van der Waals surface area contributed by atoms with Gasteiger partial charge in [-0.05, 0) is 12.2 Å². The Labute approximate surface area is 99.0 Å². The minimum Gasteiger partial charge on any atom is -0.382 e. The van der Waals surface area contributed by atoms with Gasteiger partial charge in [0.15, 0.2) is 5.82 Å². The van der Waals surface area contributed by atoms with Gasteiger partial charge in [-0.15, -0.1) is 0 Å². The van der Waals surface area contributed by atoms with Crippen LogP contribution in [-0.4, -0.2) is 40.4 Å². The molecule has 1 aliphatic rings. The molecule has 6 heteroatoms. The third-order valence-electron chi connectivity index (χ3n) is 2.72. The van der Waals surface area contributed by atoms with E-state index in [1.165, 1.54) is 5.75 Å². The van der Waals surface area contributed by atoms with Gasteiger partial charge in [-0.1, -0.05) is 0 Å². The maximum Gasteiger partial charge on any atom is 0.158 e. The first-order valence-electron chi connectivity index (χ1n) is 5.16. The van der Waals surface area contributed by atoms with Crippen LogP contribution >= 0.6 is 11.8 Å². The lowest BCUT2D eigenvalue weighted by atomic mass is 10.2. The zero-order valence-electron chi connectivity index (χ0n) is 9.18. The lowest BCUT2D eigenvalue weighted by Crippen LogP contribution is -2.34. The van der Waals surface area contributed by atoms with Crippen LogP contribution in [0.2, 0.25) is 0 Å². The molecule has 0 saturated carbocycles. The molecule has 0 aliphatic carbocycles. The fourth-order valence-electron chi connectivity index (χ4n) is 1.78. The van der Waals surface area contributed by atoms with Crippen LogP contribution in [0.5, 0.6) is 0 Å². The summed E-state index contributed by atoms with van der Waals surface area (Å²) in [7, 11) is 1.99. The molecule has 2 rings (SSSR count). The number of hydrogen-bond acceptors (Lipinski definition) is 5. The number of aromatic nitrogens is 2. The smallest absolute Gasteiger partial charge is 0.158 e. The zero-order chi connectivity index (χ0) is 11.5. The van der Waals surface area contributed by atoms with Crippen LogP contribution < -0.4 is 10.6 Å². The van der Waals surface area contributed by atoms with E-state index < -0.39 is 0 Å². The highest BCUT2D eigenvalue weighted by molar-refractivity contribution is 7.99. The van der Waals surface area contributed by atoms with E-state index in [0.717, 1.165) is 12.2 Å². The van der Waals surface area contributed by atoms with Gasteiger partial charge < -0.3 is 10.6 Å². The molecule has 0 bridgehead atoms. The minimum atomic E-state index is -0.0272. The van der Waals surface area contributed by atoms with Gasteiger partial charge in [0.25, 0.3) is 0 Å². The van der Waals surface area contributed by atoms with Crippen molar-refractivity contribution in [3.63, 3.8) is 0 Å². The van der Waals surface area contributed by atoms with Crippen molar-refractivity contribution in [3.8, 4) is 0 Å². The number of thioether (sulfide) groups is 1. The van der Waals surface area contributed by atoms with Crippen LogP contribution in [-0.2, 0) is 0 Å². The summed E-state index contributed by atoms with van der Waals surface area (Å²) in [5, 5.41) is 7.48. The molecular weight excluding hydrogens is 222 g/mol. The summed E-state index contributed by atoms with van der Waals surface area (Å²) in [5.74, 6) is 2.97. The molecule has 5 nitrogen and oxygen atoms in total. The van der Waals surface area contributed by atoms with E-state index in [2.05, 4.69) is 14.9 Å². The highest BCUT2D eigenvalue weighted by atomic mass is 32.2. The number of nitrogens with one attached hydrogen (secondary N) is 1. The van der Waals surface area contributed by atoms with Crippen LogP contribution in [0, 0.1) is 5.41 Å². The molecule has 3 N–H and O–H groups in total. The number of nitrogens with two attached hydrogens (primary N) is 1. The largest absolute Gasteiger partial charge is 0.382 e. The van der Waals surface area contributed by atoms with Crippen molar-refractivity contribution in [3.05, 3.63) is 18.1 Å². The Hall–Kier alpha value is -1.30. The van der Waals surface area contributed by atoms with Gasteiger partial charge in [-0.3, -0.25) is 5.41 Å². The Morgan fingerprint density at radius 2 is 2.31 bits per heavy atom. The average molecular weight is 237 g/mol. The van der Waals surface area contributed by atoms with Crippen LogP contribution in [0.1, 0.15) is 12.1 Å². The van der Waals surface area contributed by atoms with Crippen LogP contribution in [0.3, 0.4) is 0 Å². The maximum absolute atomic E-state index is 7.48. The highest BCUT2D eigenvalue weighted by Gasteiger charge is 2.23. The maximum atomic E-state index is 7.48. The van der Waals surface area contributed by atoms with Gasteiger partial charge in [-0.25, -0.2) is 9.97 Å². The molecule has 16 heavy (non-hydrogen) atoms. The fraction of sp³-hybridized carbons (Fsp3) is 0.500. The van der Waals surface area contributed by atoms with E-state index in [4.69, 9.17) is 11.1 Å². The molecule has 1 aromatic rings. The summed E-state index contributed by atoms with van der Waals surface area (Å²) >= 11 is 1.94. The standard InChI is InChI=1S/C10H15N5S/c1-15(7-2-5-16-6-7)10-8(9(11)12)13-3-4-14-10/h3-4,7H,2,5-6H2,1H3,(H3,11,12). The van der Waals surface area contributed by atoms with Gasteiger partial charge in [0.05, 0.1) is 0 Å². The van der Waals surface area contributed by atoms with Gasteiger partial charge in [0, 0.05) is 31.2 Å². The lowest BCUT2D eigenvalue weighted by molar-refractivity contribution is 0.689. The first-order valence-corrected chi connectivity index (χ1v) is 6.31. The van der Waals surface area contributed by atoms with Crippen LogP contribution in [0.4, 0.5) is 5.82 Å². The Balaban J connectivity index is 2.27. The molecule has 0 radical (unpaired) electrons. The Morgan fingerprint density at radius 3 is 2.94 bits per heavy atom. The molecule has 1 saturated heterocycles. The number of nitrogen functional groups attached to an aromatic ring is 1. The molecule has 1 unspecified atom stereocenters. The lowest BCUT2D eigenvalue weighted by Gasteiger charge is -2.25. The summed E-state index contributed by atoms with van der Waals surface area (Å²) in [6.45, 7) is 0. The molecule has 1 aliphatic heterocycles. The molecule has 1 atom stereocenters. The van der Waals surface area contributed by atoms with E-state index in [0.29, 0.717) is 17.6 Å². The van der Waals surface area contributed by atoms with Crippen molar-refractivity contribution in [2.75, 3.05) is 23.5 Å². The van der Waals surface area contributed by atoms with Crippen molar-refractivity contribution in [2.24, 2.45) is 5.73 Å². The molecule has 1 aromatic heterocycles. The second kappa shape index (κ2) is 4.69. The second-order valence-electron chi connectivity index (χ2n) is 3.77. The molecule has 2 heterocycles. The summed E-state index contributed by atoms with van der Waals surface area (Å²) in [4.78, 5) is 10.5.